The summed E-state index contributed by atoms with van der Waals surface area (Å²) in [7, 11) is 3.95. The second-order valence-electron chi connectivity index (χ2n) is 8.37. The van der Waals surface area contributed by atoms with Gasteiger partial charge in [-0.05, 0) is 41.7 Å². The van der Waals surface area contributed by atoms with Crippen LogP contribution in [0.4, 0.5) is 5.82 Å². The number of amides is 1. The number of benzene rings is 2. The van der Waals surface area contributed by atoms with Gasteiger partial charge >= 0.3 is 0 Å². The Bertz CT molecular complexity index is 982. The largest absolute Gasteiger partial charge is 0.372 e. The van der Waals surface area contributed by atoms with E-state index in [0.29, 0.717) is 24.2 Å². The number of carbonyl (C=O) groups excluding carboxylic acids is 1. The third kappa shape index (κ3) is 4.19. The summed E-state index contributed by atoms with van der Waals surface area (Å²) in [4.78, 5) is 22.0. The quantitative estimate of drug-likeness (QED) is 0.689. The Morgan fingerprint density at radius 3 is 2.23 bits per heavy atom. The van der Waals surface area contributed by atoms with Gasteiger partial charge in [-0.25, -0.2) is 4.98 Å². The fraction of sp³-hybridized carbons (Fsp3) is 0.308. The summed E-state index contributed by atoms with van der Waals surface area (Å²) < 4.78 is 0. The number of aliphatic hydroxyl groups is 1. The molecule has 0 unspecified atom stereocenters. The Hall–Kier alpha value is -3.18. The van der Waals surface area contributed by atoms with Crippen LogP contribution in [0.5, 0.6) is 0 Å². The number of hydrogen-bond donors (Lipinski definition) is 1. The van der Waals surface area contributed by atoms with Gasteiger partial charge in [-0.2, -0.15) is 0 Å². The van der Waals surface area contributed by atoms with E-state index < -0.39 is 5.60 Å². The zero-order valence-corrected chi connectivity index (χ0v) is 18.1. The Morgan fingerprint density at radius 2 is 1.65 bits per heavy atom. The van der Waals surface area contributed by atoms with Crippen LogP contribution in [0.2, 0.25) is 0 Å². The Labute approximate surface area is 184 Å². The first kappa shape index (κ1) is 21.1. The van der Waals surface area contributed by atoms with Gasteiger partial charge in [0.05, 0.1) is 0 Å². The van der Waals surface area contributed by atoms with E-state index in [1.807, 2.05) is 96.8 Å². The fourth-order valence-electron chi connectivity index (χ4n) is 4.37. The van der Waals surface area contributed by atoms with Crippen molar-refractivity contribution in [2.75, 3.05) is 32.1 Å². The van der Waals surface area contributed by atoms with Gasteiger partial charge in [0.25, 0.3) is 5.91 Å². The van der Waals surface area contributed by atoms with E-state index in [1.54, 1.807) is 0 Å². The van der Waals surface area contributed by atoms with E-state index in [2.05, 4.69) is 11.1 Å². The average Bonchev–Trinajstić information content (AvgIpc) is 2.84. The van der Waals surface area contributed by atoms with Crippen LogP contribution in [0.15, 0.2) is 79.0 Å². The molecule has 1 aliphatic heterocycles. The molecule has 0 spiro atoms. The third-order valence-corrected chi connectivity index (χ3v) is 6.10. The van der Waals surface area contributed by atoms with Crippen LogP contribution >= 0.6 is 0 Å². The van der Waals surface area contributed by atoms with Crippen molar-refractivity contribution < 1.29 is 9.90 Å². The number of rotatable bonds is 5. The molecule has 0 aliphatic carbocycles. The molecule has 1 aromatic heterocycles. The lowest BCUT2D eigenvalue weighted by Crippen LogP contribution is -2.50. The summed E-state index contributed by atoms with van der Waals surface area (Å²) in [6, 6.07) is 22.6. The maximum Gasteiger partial charge on any atom is 0.263 e. The van der Waals surface area contributed by atoms with E-state index in [4.69, 9.17) is 0 Å². The first-order valence-electron chi connectivity index (χ1n) is 10.8. The molecule has 1 aliphatic rings. The van der Waals surface area contributed by atoms with Crippen LogP contribution < -0.4 is 4.90 Å². The number of likely N-dealkylation sites (tertiary alicyclic amines) is 1. The van der Waals surface area contributed by atoms with Crippen molar-refractivity contribution >= 4 is 11.7 Å². The molecule has 2 heterocycles. The van der Waals surface area contributed by atoms with Gasteiger partial charge in [0.1, 0.15) is 5.82 Å². The van der Waals surface area contributed by atoms with E-state index in [1.165, 1.54) is 5.56 Å². The van der Waals surface area contributed by atoms with Crippen LogP contribution in [0.3, 0.4) is 0 Å². The summed E-state index contributed by atoms with van der Waals surface area (Å²) in [5.74, 6) is 0.859. The molecule has 160 valence electrons. The van der Waals surface area contributed by atoms with Gasteiger partial charge < -0.3 is 14.9 Å². The van der Waals surface area contributed by atoms with Crippen molar-refractivity contribution in [2.45, 2.75) is 24.4 Å². The fourth-order valence-corrected chi connectivity index (χ4v) is 4.37. The molecular formula is C26H29N3O2. The Kier molecular flexibility index (Phi) is 6.05. The van der Waals surface area contributed by atoms with E-state index in [0.717, 1.165) is 18.7 Å². The maximum atomic E-state index is 13.8. The molecule has 1 atom stereocenters. The highest BCUT2D eigenvalue weighted by Gasteiger charge is 2.43. The van der Waals surface area contributed by atoms with Crippen molar-refractivity contribution in [2.24, 2.45) is 0 Å². The molecule has 1 amide bonds. The molecule has 2 aromatic carbocycles. The predicted molar refractivity (Wildman–Crippen MR) is 123 cm³/mol. The molecule has 0 saturated carbocycles. The van der Waals surface area contributed by atoms with Crippen molar-refractivity contribution in [3.63, 3.8) is 0 Å². The molecule has 1 saturated heterocycles. The highest BCUT2D eigenvalue weighted by Crippen LogP contribution is 2.35. The second kappa shape index (κ2) is 8.90. The molecule has 0 radical (unpaired) electrons. The lowest BCUT2D eigenvalue weighted by atomic mass is 9.83. The molecule has 1 fully saturated rings. The third-order valence-electron chi connectivity index (χ3n) is 6.10. The van der Waals surface area contributed by atoms with Gasteiger partial charge in [-0.1, -0.05) is 60.7 Å². The topological polar surface area (TPSA) is 56.7 Å². The zero-order valence-electron chi connectivity index (χ0n) is 18.1. The lowest BCUT2D eigenvalue weighted by Gasteiger charge is -2.39. The number of hydrogen-bond acceptors (Lipinski definition) is 4. The van der Waals surface area contributed by atoms with Crippen LogP contribution in [0, 0.1) is 0 Å². The summed E-state index contributed by atoms with van der Waals surface area (Å²) in [5, 5.41) is 11.8. The highest BCUT2D eigenvalue weighted by molar-refractivity contribution is 5.90. The van der Waals surface area contributed by atoms with E-state index in [9.17, 15) is 9.90 Å². The lowest BCUT2D eigenvalue weighted by molar-refractivity contribution is -0.149. The number of carbonyl (C=O) groups is 1. The summed E-state index contributed by atoms with van der Waals surface area (Å²) >= 11 is 0. The Morgan fingerprint density at radius 1 is 1.03 bits per heavy atom. The molecule has 0 bridgehead atoms. The minimum Gasteiger partial charge on any atom is -0.372 e. The minimum absolute atomic E-state index is 0.218. The number of nitrogens with zero attached hydrogens (tertiary/aromatic N) is 3. The summed E-state index contributed by atoms with van der Waals surface area (Å²) in [6.45, 7) is 1.22. The van der Waals surface area contributed by atoms with E-state index >= 15 is 0 Å². The van der Waals surface area contributed by atoms with Crippen LogP contribution in [0.1, 0.15) is 35.4 Å². The summed E-state index contributed by atoms with van der Waals surface area (Å²) in [6.07, 6.45) is 3.74. The normalized spacial score (nSPS) is 16.7. The molecule has 3 aromatic rings. The molecule has 5 heteroatoms. The highest BCUT2D eigenvalue weighted by atomic mass is 16.3. The van der Waals surface area contributed by atoms with Crippen LogP contribution in [-0.4, -0.2) is 48.1 Å². The maximum absolute atomic E-state index is 13.8. The molecular weight excluding hydrogens is 386 g/mol. The van der Waals surface area contributed by atoms with Gasteiger partial charge in [-0.15, -0.1) is 0 Å². The minimum atomic E-state index is -1.71. The van der Waals surface area contributed by atoms with Crippen molar-refractivity contribution in [3.05, 3.63) is 95.7 Å². The number of aromatic nitrogens is 1. The SMILES string of the molecule is CN(C)c1cc([C@@H]2CCCN(C(=O)C(O)(c3ccccc3)c3ccccc3)C2)ccn1. The van der Waals surface area contributed by atoms with Crippen molar-refractivity contribution in [3.8, 4) is 0 Å². The van der Waals surface area contributed by atoms with Gasteiger partial charge in [0.15, 0.2) is 5.60 Å². The first-order chi connectivity index (χ1) is 15.0. The van der Waals surface area contributed by atoms with E-state index in [-0.39, 0.29) is 11.8 Å². The van der Waals surface area contributed by atoms with Crippen molar-refractivity contribution in [1.29, 1.82) is 0 Å². The average molecular weight is 416 g/mol. The van der Waals surface area contributed by atoms with Gasteiger partial charge in [0, 0.05) is 39.3 Å². The van der Waals surface area contributed by atoms with Crippen LogP contribution in [0.25, 0.3) is 0 Å². The molecule has 31 heavy (non-hydrogen) atoms. The van der Waals surface area contributed by atoms with Gasteiger partial charge in [0.2, 0.25) is 0 Å². The predicted octanol–water partition coefficient (Wildman–Crippen LogP) is 3.79. The Balaban J connectivity index is 1.65. The molecule has 4 rings (SSSR count). The first-order valence-corrected chi connectivity index (χ1v) is 10.8. The van der Waals surface area contributed by atoms with Crippen molar-refractivity contribution in [1.82, 2.24) is 9.88 Å². The summed E-state index contributed by atoms with van der Waals surface area (Å²) in [5.41, 5.74) is 0.649. The molecule has 1 N–H and O–H groups in total. The van der Waals surface area contributed by atoms with Gasteiger partial charge in [-0.3, -0.25) is 4.79 Å². The van der Waals surface area contributed by atoms with Crippen LogP contribution in [-0.2, 0) is 10.4 Å². The number of piperidine rings is 1. The monoisotopic (exact) mass is 415 g/mol. The standard InChI is InChI=1S/C26H29N3O2/c1-28(2)24-18-20(15-16-27-24)21-10-9-17-29(19-21)25(30)26(31,22-11-5-3-6-12-22)23-13-7-4-8-14-23/h3-8,11-16,18,21,31H,9-10,17,19H2,1-2H3/t21-/m1/s1. The zero-order chi connectivity index (χ0) is 21.8. The smallest absolute Gasteiger partial charge is 0.263 e. The number of pyridine rings is 1. The number of anilines is 1. The second-order valence-corrected chi connectivity index (χ2v) is 8.37. The molecule has 5 nitrogen and oxygen atoms in total.